The Morgan fingerprint density at radius 3 is 2.38 bits per heavy atom. The van der Waals surface area contributed by atoms with Crippen LogP contribution in [0.5, 0.6) is 0 Å². The summed E-state index contributed by atoms with van der Waals surface area (Å²) in [6.07, 6.45) is 5.37. The van der Waals surface area contributed by atoms with Gasteiger partial charge in [0.15, 0.2) is 0 Å². The van der Waals surface area contributed by atoms with Crippen LogP contribution in [0.3, 0.4) is 0 Å². The average molecular weight is 345 g/mol. The highest BCUT2D eigenvalue weighted by atomic mass is 32.2. The molecule has 0 radical (unpaired) electrons. The van der Waals surface area contributed by atoms with Gasteiger partial charge < -0.3 is 10.6 Å². The Labute approximate surface area is 147 Å². The molecule has 1 aliphatic carbocycles. The standard InChI is InChI=1S/C18H23N3O2S/c1-2-17(22)19-14-5-7-16(8-6-14)24-21-11-9-13(10-12-21)18(23)20-15-3-4-15/h2,5-8,13,15H,1,3-4,9-12H2,(H,19,22)(H,20,23). The number of nitrogens with one attached hydrogen (secondary N) is 2. The van der Waals surface area contributed by atoms with Gasteiger partial charge in [-0.15, -0.1) is 0 Å². The minimum Gasteiger partial charge on any atom is -0.353 e. The first-order chi connectivity index (χ1) is 11.6. The molecule has 1 aliphatic heterocycles. The Morgan fingerprint density at radius 2 is 1.79 bits per heavy atom. The van der Waals surface area contributed by atoms with Crippen molar-refractivity contribution in [2.75, 3.05) is 18.4 Å². The number of rotatable bonds is 6. The van der Waals surface area contributed by atoms with E-state index in [0.717, 1.165) is 49.4 Å². The van der Waals surface area contributed by atoms with Crippen molar-refractivity contribution in [1.82, 2.24) is 9.62 Å². The van der Waals surface area contributed by atoms with Crippen LogP contribution in [0.1, 0.15) is 25.7 Å². The van der Waals surface area contributed by atoms with Gasteiger partial charge in [0.2, 0.25) is 11.8 Å². The SMILES string of the molecule is C=CC(=O)Nc1ccc(SN2CCC(C(=O)NC3CC3)CC2)cc1. The van der Waals surface area contributed by atoms with Crippen LogP contribution in [0.25, 0.3) is 0 Å². The van der Waals surface area contributed by atoms with E-state index in [-0.39, 0.29) is 17.7 Å². The number of nitrogens with zero attached hydrogens (tertiary/aromatic N) is 1. The van der Waals surface area contributed by atoms with E-state index in [1.807, 2.05) is 24.3 Å². The molecule has 0 atom stereocenters. The summed E-state index contributed by atoms with van der Waals surface area (Å²) in [6.45, 7) is 5.28. The molecule has 3 rings (SSSR count). The molecule has 0 bridgehead atoms. The smallest absolute Gasteiger partial charge is 0.247 e. The first-order valence-corrected chi connectivity index (χ1v) is 9.18. The lowest BCUT2D eigenvalue weighted by atomic mass is 9.97. The zero-order chi connectivity index (χ0) is 16.9. The average Bonchev–Trinajstić information content (AvgIpc) is 3.41. The molecule has 2 fully saturated rings. The van der Waals surface area contributed by atoms with E-state index in [4.69, 9.17) is 0 Å². The lowest BCUT2D eigenvalue weighted by Crippen LogP contribution is -2.38. The maximum Gasteiger partial charge on any atom is 0.247 e. The number of carbonyl (C=O) groups excluding carboxylic acids is 2. The van der Waals surface area contributed by atoms with Gasteiger partial charge in [-0.05, 0) is 68.0 Å². The van der Waals surface area contributed by atoms with Crippen LogP contribution in [0, 0.1) is 5.92 Å². The van der Waals surface area contributed by atoms with Crippen molar-refractivity contribution in [3.05, 3.63) is 36.9 Å². The lowest BCUT2D eigenvalue weighted by Gasteiger charge is -2.30. The van der Waals surface area contributed by atoms with Crippen molar-refractivity contribution in [2.45, 2.75) is 36.6 Å². The molecule has 2 aliphatic rings. The summed E-state index contributed by atoms with van der Waals surface area (Å²) >= 11 is 1.71. The fourth-order valence-corrected chi connectivity index (χ4v) is 3.65. The minimum absolute atomic E-state index is 0.166. The van der Waals surface area contributed by atoms with Gasteiger partial charge in [0.05, 0.1) is 0 Å². The lowest BCUT2D eigenvalue weighted by molar-refractivity contribution is -0.126. The third-order valence-electron chi connectivity index (χ3n) is 4.29. The summed E-state index contributed by atoms with van der Waals surface area (Å²) in [7, 11) is 0. The van der Waals surface area contributed by atoms with Crippen molar-refractivity contribution in [3.63, 3.8) is 0 Å². The topological polar surface area (TPSA) is 61.4 Å². The molecule has 1 aromatic rings. The van der Waals surface area contributed by atoms with Crippen molar-refractivity contribution in [3.8, 4) is 0 Å². The normalized spacial score (nSPS) is 18.8. The molecule has 1 aromatic carbocycles. The maximum absolute atomic E-state index is 12.1. The second-order valence-electron chi connectivity index (χ2n) is 6.30. The largest absolute Gasteiger partial charge is 0.353 e. The van der Waals surface area contributed by atoms with Gasteiger partial charge in [0, 0.05) is 35.6 Å². The van der Waals surface area contributed by atoms with E-state index in [1.165, 1.54) is 6.08 Å². The number of anilines is 1. The van der Waals surface area contributed by atoms with Crippen LogP contribution in [0.4, 0.5) is 5.69 Å². The van der Waals surface area contributed by atoms with Crippen molar-refractivity contribution >= 4 is 29.4 Å². The van der Waals surface area contributed by atoms with Gasteiger partial charge >= 0.3 is 0 Å². The van der Waals surface area contributed by atoms with Gasteiger partial charge in [0.1, 0.15) is 0 Å². The second kappa shape index (κ2) is 7.85. The third kappa shape index (κ3) is 4.85. The van der Waals surface area contributed by atoms with Crippen molar-refractivity contribution in [1.29, 1.82) is 0 Å². The zero-order valence-corrected chi connectivity index (χ0v) is 14.5. The molecular formula is C18H23N3O2S. The highest BCUT2D eigenvalue weighted by Crippen LogP contribution is 2.30. The Hall–Kier alpha value is -1.79. The monoisotopic (exact) mass is 345 g/mol. The molecule has 5 nitrogen and oxygen atoms in total. The summed E-state index contributed by atoms with van der Waals surface area (Å²) in [5.74, 6) is 0.199. The van der Waals surface area contributed by atoms with Crippen LogP contribution in [-0.4, -0.2) is 35.3 Å². The molecule has 2 N–H and O–H groups in total. The third-order valence-corrected chi connectivity index (χ3v) is 5.40. The molecule has 0 aromatic heterocycles. The Balaban J connectivity index is 1.44. The van der Waals surface area contributed by atoms with Gasteiger partial charge in [-0.25, -0.2) is 4.31 Å². The van der Waals surface area contributed by atoms with Gasteiger partial charge in [-0.1, -0.05) is 6.58 Å². The maximum atomic E-state index is 12.1. The van der Waals surface area contributed by atoms with E-state index in [0.29, 0.717) is 6.04 Å². The summed E-state index contributed by atoms with van der Waals surface area (Å²) in [6, 6.07) is 8.22. The number of carbonyl (C=O) groups is 2. The van der Waals surface area contributed by atoms with E-state index < -0.39 is 0 Å². The van der Waals surface area contributed by atoms with E-state index >= 15 is 0 Å². The Bertz CT molecular complexity index is 605. The van der Waals surface area contributed by atoms with Gasteiger partial charge in [-0.3, -0.25) is 9.59 Å². The quantitative estimate of drug-likeness (QED) is 0.615. The highest BCUT2D eigenvalue weighted by molar-refractivity contribution is 7.97. The zero-order valence-electron chi connectivity index (χ0n) is 13.7. The van der Waals surface area contributed by atoms with E-state index in [1.54, 1.807) is 11.9 Å². The fourth-order valence-electron chi connectivity index (χ4n) is 2.70. The molecule has 24 heavy (non-hydrogen) atoms. The van der Waals surface area contributed by atoms with Crippen LogP contribution in [0.15, 0.2) is 41.8 Å². The molecule has 0 unspecified atom stereocenters. The molecule has 128 valence electrons. The first kappa shape index (κ1) is 17.0. The van der Waals surface area contributed by atoms with Crippen LogP contribution in [0.2, 0.25) is 0 Å². The van der Waals surface area contributed by atoms with Crippen molar-refractivity contribution in [2.24, 2.45) is 5.92 Å². The Kier molecular flexibility index (Phi) is 5.58. The summed E-state index contributed by atoms with van der Waals surface area (Å²) in [5.41, 5.74) is 0.764. The van der Waals surface area contributed by atoms with Crippen LogP contribution in [-0.2, 0) is 9.59 Å². The highest BCUT2D eigenvalue weighted by Gasteiger charge is 2.30. The molecule has 2 amide bonds. The second-order valence-corrected chi connectivity index (χ2v) is 7.47. The fraction of sp³-hybridized carbons (Fsp3) is 0.444. The van der Waals surface area contributed by atoms with E-state index in [2.05, 4.69) is 21.5 Å². The number of benzene rings is 1. The molecule has 6 heteroatoms. The van der Waals surface area contributed by atoms with Gasteiger partial charge in [-0.2, -0.15) is 0 Å². The number of piperidine rings is 1. The Morgan fingerprint density at radius 1 is 1.12 bits per heavy atom. The molecule has 1 heterocycles. The van der Waals surface area contributed by atoms with Gasteiger partial charge in [0.25, 0.3) is 0 Å². The minimum atomic E-state index is -0.207. The molecular weight excluding hydrogens is 322 g/mol. The number of hydrogen-bond acceptors (Lipinski definition) is 4. The number of amides is 2. The molecule has 0 spiro atoms. The molecule has 1 saturated heterocycles. The summed E-state index contributed by atoms with van der Waals surface area (Å²) < 4.78 is 2.30. The van der Waals surface area contributed by atoms with Crippen LogP contribution < -0.4 is 10.6 Å². The predicted octanol–water partition coefficient (Wildman–Crippen LogP) is 2.81. The van der Waals surface area contributed by atoms with Crippen molar-refractivity contribution < 1.29 is 9.59 Å². The summed E-state index contributed by atoms with van der Waals surface area (Å²) in [5, 5.41) is 5.85. The van der Waals surface area contributed by atoms with Crippen LogP contribution >= 0.6 is 11.9 Å². The molecule has 1 saturated carbocycles. The van der Waals surface area contributed by atoms with E-state index in [9.17, 15) is 9.59 Å². The number of hydrogen-bond donors (Lipinski definition) is 2. The summed E-state index contributed by atoms with van der Waals surface area (Å²) in [4.78, 5) is 24.5. The predicted molar refractivity (Wildman–Crippen MR) is 96.6 cm³/mol. The first-order valence-electron chi connectivity index (χ1n) is 8.41.